The third kappa shape index (κ3) is 6.08. The molecule has 0 bridgehead atoms. The Morgan fingerprint density at radius 3 is 2.49 bits per heavy atom. The highest BCUT2D eigenvalue weighted by Crippen LogP contribution is 2.35. The van der Waals surface area contributed by atoms with Crippen molar-refractivity contribution < 1.29 is 48.3 Å². The maximum atomic E-state index is 15.2. The largest absolute Gasteiger partial charge is 0.496 e. The summed E-state index contributed by atoms with van der Waals surface area (Å²) in [6.07, 6.45) is -6.41. The van der Waals surface area contributed by atoms with Gasteiger partial charge in [-0.25, -0.2) is 19.0 Å². The number of halogens is 2. The van der Waals surface area contributed by atoms with Crippen molar-refractivity contribution in [2.45, 2.75) is 36.6 Å². The minimum absolute atomic E-state index is 0.0156. The van der Waals surface area contributed by atoms with Crippen LogP contribution in [-0.2, 0) is 25.5 Å². The lowest BCUT2D eigenvalue weighted by molar-refractivity contribution is -0.190. The molecular weight excluding hydrogens is 619 g/mol. The standard InChI is InChI=1S/C28H26ClFN6O9/c1-43-16-5-3-2-4-15(16)23(38)33-14-8-6-13(7-9-14)10-28(25(39)40,26(41)42)44-11-17-20(37)18(30)24(45-17)36-12-32-19-21(31)34-27(29)35-22(19)36/h2-9,12,17-18,20,24,37H,10-11H2,1H3,(H,33,38)(H,39,40)(H,41,42)(H2,31,34,35)/t17-,18+,20-,24-/m1/s1. The molecule has 5 rings (SSSR count). The maximum absolute atomic E-state index is 15.2. The number of hydrogen-bond donors (Lipinski definition) is 5. The molecule has 0 aliphatic carbocycles. The predicted molar refractivity (Wildman–Crippen MR) is 155 cm³/mol. The summed E-state index contributed by atoms with van der Waals surface area (Å²) < 4.78 is 32.6. The van der Waals surface area contributed by atoms with Crippen molar-refractivity contribution in [1.82, 2.24) is 19.5 Å². The van der Waals surface area contributed by atoms with E-state index in [-0.39, 0.29) is 33.4 Å². The third-order valence-corrected chi connectivity index (χ3v) is 7.36. The number of alkyl halides is 1. The summed E-state index contributed by atoms with van der Waals surface area (Å²) in [7, 11) is 1.43. The molecule has 1 amide bonds. The van der Waals surface area contributed by atoms with E-state index in [1.807, 2.05) is 0 Å². The van der Waals surface area contributed by atoms with Crippen LogP contribution in [0, 0.1) is 0 Å². The predicted octanol–water partition coefficient (Wildman–Crippen LogP) is 2.09. The molecule has 4 atom stereocenters. The Balaban J connectivity index is 1.30. The normalized spacial score (nSPS) is 19.8. The lowest BCUT2D eigenvalue weighted by atomic mass is 9.94. The van der Waals surface area contributed by atoms with E-state index in [2.05, 4.69) is 20.3 Å². The molecule has 3 heterocycles. The van der Waals surface area contributed by atoms with Crippen molar-refractivity contribution in [2.75, 3.05) is 24.8 Å². The number of carbonyl (C=O) groups excluding carboxylic acids is 1. The second kappa shape index (κ2) is 12.6. The van der Waals surface area contributed by atoms with E-state index in [9.17, 15) is 29.7 Å². The molecule has 0 saturated carbocycles. The summed E-state index contributed by atoms with van der Waals surface area (Å²) in [4.78, 5) is 49.1. The monoisotopic (exact) mass is 644 g/mol. The third-order valence-electron chi connectivity index (χ3n) is 7.19. The number of ether oxygens (including phenoxy) is 3. The van der Waals surface area contributed by atoms with Crippen LogP contribution in [0.15, 0.2) is 54.9 Å². The van der Waals surface area contributed by atoms with Gasteiger partial charge in [0.15, 0.2) is 23.9 Å². The highest BCUT2D eigenvalue weighted by Gasteiger charge is 2.52. The first-order chi connectivity index (χ1) is 21.4. The van der Waals surface area contributed by atoms with Gasteiger partial charge in [-0.05, 0) is 41.4 Å². The molecule has 2 aromatic carbocycles. The van der Waals surface area contributed by atoms with Crippen LogP contribution >= 0.6 is 11.6 Å². The van der Waals surface area contributed by atoms with Crippen molar-refractivity contribution in [1.29, 1.82) is 0 Å². The molecule has 0 unspecified atom stereocenters. The van der Waals surface area contributed by atoms with E-state index in [0.717, 1.165) is 10.9 Å². The van der Waals surface area contributed by atoms with Gasteiger partial charge in [0, 0.05) is 12.1 Å². The van der Waals surface area contributed by atoms with E-state index in [4.69, 9.17) is 31.5 Å². The van der Waals surface area contributed by atoms with Crippen molar-refractivity contribution in [2.24, 2.45) is 0 Å². The number of anilines is 2. The van der Waals surface area contributed by atoms with Crippen LogP contribution in [0.4, 0.5) is 15.9 Å². The fraction of sp³-hybridized carbons (Fsp3) is 0.286. The number of methoxy groups -OCH3 is 1. The zero-order valence-corrected chi connectivity index (χ0v) is 24.1. The number of para-hydroxylation sites is 1. The van der Waals surface area contributed by atoms with E-state index in [0.29, 0.717) is 11.4 Å². The SMILES string of the molecule is COc1ccccc1C(=O)Nc1ccc(CC(OC[C@H]2O[C@@H](n3cnc4c(N)nc(Cl)nc43)[C@@H](F)[C@@H]2O)(C(=O)O)C(=O)O)cc1. The van der Waals surface area contributed by atoms with Crippen LogP contribution in [0.5, 0.6) is 5.75 Å². The molecule has 0 radical (unpaired) electrons. The lowest BCUT2D eigenvalue weighted by Gasteiger charge is -2.27. The molecule has 236 valence electrons. The summed E-state index contributed by atoms with van der Waals surface area (Å²) in [5, 5.41) is 32.9. The number of carboxylic acid groups (broad SMARTS) is 2. The summed E-state index contributed by atoms with van der Waals surface area (Å²) in [6.45, 7) is -0.811. The number of aliphatic hydroxyl groups excluding tert-OH is 1. The Morgan fingerprint density at radius 2 is 1.82 bits per heavy atom. The van der Waals surface area contributed by atoms with Gasteiger partial charge in [-0.3, -0.25) is 9.36 Å². The van der Waals surface area contributed by atoms with Crippen LogP contribution in [0.1, 0.15) is 22.1 Å². The number of nitrogen functional groups attached to an aromatic ring is 1. The maximum Gasteiger partial charge on any atom is 0.348 e. The van der Waals surface area contributed by atoms with Gasteiger partial charge in [0.05, 0.1) is 25.6 Å². The summed E-state index contributed by atoms with van der Waals surface area (Å²) in [5.41, 5.74) is 3.91. The smallest absolute Gasteiger partial charge is 0.348 e. The number of nitrogens with two attached hydrogens (primary N) is 1. The quantitative estimate of drug-likeness (QED) is 0.117. The number of rotatable bonds is 11. The molecule has 1 aliphatic heterocycles. The number of hydrogen-bond acceptors (Lipinski definition) is 11. The molecule has 1 saturated heterocycles. The zero-order valence-electron chi connectivity index (χ0n) is 23.3. The lowest BCUT2D eigenvalue weighted by Crippen LogP contribution is -2.52. The van der Waals surface area contributed by atoms with Crippen LogP contribution < -0.4 is 15.8 Å². The molecule has 17 heteroatoms. The van der Waals surface area contributed by atoms with Gasteiger partial charge >= 0.3 is 11.9 Å². The van der Waals surface area contributed by atoms with E-state index in [1.54, 1.807) is 24.3 Å². The Labute approximate surface area is 258 Å². The highest BCUT2D eigenvalue weighted by molar-refractivity contribution is 6.28. The number of carbonyl (C=O) groups is 3. The average molecular weight is 645 g/mol. The number of aromatic nitrogens is 4. The topological polar surface area (TPSA) is 221 Å². The number of nitrogens with zero attached hydrogens (tertiary/aromatic N) is 4. The van der Waals surface area contributed by atoms with Gasteiger partial charge in [0.25, 0.3) is 11.5 Å². The van der Waals surface area contributed by atoms with E-state index in [1.165, 1.54) is 31.4 Å². The number of carboxylic acids is 2. The van der Waals surface area contributed by atoms with Crippen molar-refractivity contribution in [3.63, 3.8) is 0 Å². The zero-order chi connectivity index (χ0) is 32.5. The van der Waals surface area contributed by atoms with Crippen LogP contribution in [0.2, 0.25) is 5.28 Å². The first-order valence-corrected chi connectivity index (χ1v) is 13.6. The van der Waals surface area contributed by atoms with Gasteiger partial charge in [-0.1, -0.05) is 24.3 Å². The number of nitrogens with one attached hydrogen (secondary N) is 1. The minimum atomic E-state index is -2.84. The summed E-state index contributed by atoms with van der Waals surface area (Å²) >= 11 is 5.86. The molecule has 15 nitrogen and oxygen atoms in total. The second-order valence-corrected chi connectivity index (χ2v) is 10.3. The fourth-order valence-electron chi connectivity index (χ4n) is 4.83. The molecule has 0 spiro atoms. The average Bonchev–Trinajstić information content (AvgIpc) is 3.55. The molecule has 1 fully saturated rings. The molecule has 4 aromatic rings. The van der Waals surface area contributed by atoms with Crippen molar-refractivity contribution in [3.8, 4) is 5.75 Å². The van der Waals surface area contributed by atoms with Crippen LogP contribution in [-0.4, -0.2) is 90.4 Å². The minimum Gasteiger partial charge on any atom is -0.496 e. The Hall–Kier alpha value is -4.90. The van der Waals surface area contributed by atoms with Gasteiger partial charge < -0.3 is 40.6 Å². The molecule has 6 N–H and O–H groups in total. The molecule has 45 heavy (non-hydrogen) atoms. The Bertz CT molecular complexity index is 1740. The first kappa shape index (κ1) is 31.5. The summed E-state index contributed by atoms with van der Waals surface area (Å²) in [5.74, 6) is -3.85. The molecule has 1 aliphatic rings. The van der Waals surface area contributed by atoms with Gasteiger partial charge in [-0.15, -0.1) is 0 Å². The van der Waals surface area contributed by atoms with Crippen LogP contribution in [0.25, 0.3) is 11.2 Å². The Kier molecular flexibility index (Phi) is 8.83. The van der Waals surface area contributed by atoms with Gasteiger partial charge in [0.2, 0.25) is 5.28 Å². The van der Waals surface area contributed by atoms with Gasteiger partial charge in [0.1, 0.15) is 23.5 Å². The summed E-state index contributed by atoms with van der Waals surface area (Å²) in [6, 6.07) is 12.3. The number of amides is 1. The van der Waals surface area contributed by atoms with Crippen molar-refractivity contribution >= 4 is 52.1 Å². The number of fused-ring (bicyclic) bond motifs is 1. The van der Waals surface area contributed by atoms with Crippen LogP contribution in [0.3, 0.4) is 0 Å². The highest BCUT2D eigenvalue weighted by atomic mass is 35.5. The van der Waals surface area contributed by atoms with Crippen molar-refractivity contribution in [3.05, 3.63) is 71.3 Å². The second-order valence-electron chi connectivity index (χ2n) is 9.98. The number of aliphatic hydroxyl groups is 1. The first-order valence-electron chi connectivity index (χ1n) is 13.2. The molecular formula is C28H26ClFN6O9. The number of benzene rings is 2. The van der Waals surface area contributed by atoms with Gasteiger partial charge in [-0.2, -0.15) is 9.97 Å². The Morgan fingerprint density at radius 1 is 1.13 bits per heavy atom. The number of imidazole rings is 1. The van der Waals surface area contributed by atoms with E-state index >= 15 is 4.39 Å². The number of aliphatic carboxylic acids is 2. The molecule has 2 aromatic heterocycles. The van der Waals surface area contributed by atoms with E-state index < -0.39 is 61.1 Å². The fourth-order valence-corrected chi connectivity index (χ4v) is 5.00.